The first kappa shape index (κ1) is 30.2. The topological polar surface area (TPSA) is 42.2 Å². The highest BCUT2D eigenvalue weighted by Crippen LogP contribution is 2.29. The lowest BCUT2D eigenvalue weighted by atomic mass is 10.1. The number of rotatable bonds is 18. The van der Waals surface area contributed by atoms with Crippen LogP contribution in [0.1, 0.15) is 106 Å². The summed E-state index contributed by atoms with van der Waals surface area (Å²) in [6, 6.07) is 13.1. The van der Waals surface area contributed by atoms with Crippen molar-refractivity contribution in [2.24, 2.45) is 0 Å². The van der Waals surface area contributed by atoms with Gasteiger partial charge < -0.3 is 10.1 Å². The van der Waals surface area contributed by atoms with Gasteiger partial charge in [-0.1, -0.05) is 113 Å². The largest absolute Gasteiger partial charge is 0.491 e. The molecule has 2 aromatic carbocycles. The Labute approximate surface area is 238 Å². The van der Waals surface area contributed by atoms with Crippen LogP contribution in [0.3, 0.4) is 0 Å². The van der Waals surface area contributed by atoms with E-state index in [4.69, 9.17) is 16.3 Å². The van der Waals surface area contributed by atoms with Gasteiger partial charge in [0.2, 0.25) is 5.51 Å². The van der Waals surface area contributed by atoms with E-state index in [0.717, 1.165) is 24.9 Å². The van der Waals surface area contributed by atoms with Gasteiger partial charge in [0.15, 0.2) is 12.2 Å². The maximum atomic E-state index is 13.1. The number of ether oxygens (including phenoxy) is 1. The Morgan fingerprint density at radius 3 is 2.26 bits per heavy atom. The molecule has 1 aromatic heterocycles. The molecule has 0 unspecified atom stereocenters. The Morgan fingerprint density at radius 2 is 1.61 bits per heavy atom. The lowest BCUT2D eigenvalue weighted by Gasteiger charge is -2.13. The van der Waals surface area contributed by atoms with Crippen LogP contribution in [0.2, 0.25) is 5.02 Å². The minimum atomic E-state index is -0.156. The third-order valence-corrected chi connectivity index (χ3v) is 7.96. The molecule has 0 aliphatic heterocycles. The molecule has 0 radical (unpaired) electrons. The van der Waals surface area contributed by atoms with Gasteiger partial charge in [-0.15, -0.1) is 0 Å². The zero-order valence-electron chi connectivity index (χ0n) is 23.1. The van der Waals surface area contributed by atoms with Gasteiger partial charge in [0, 0.05) is 29.1 Å². The van der Waals surface area contributed by atoms with E-state index in [1.807, 2.05) is 30.3 Å². The van der Waals surface area contributed by atoms with E-state index in [0.29, 0.717) is 28.6 Å². The number of aryl methyl sites for hydroxylation is 1. The molecule has 6 heteroatoms. The SMILES string of the molecule is CCCCCCCCCCCCCCOc1cc(Cl)ccc1NC(=O)c1cccc(C[n+]2cscc2C)c1. The minimum absolute atomic E-state index is 0.156. The van der Waals surface area contributed by atoms with Crippen molar-refractivity contribution in [2.45, 2.75) is 97.4 Å². The summed E-state index contributed by atoms with van der Waals surface area (Å²) in [6.45, 7) is 5.72. The Balaban J connectivity index is 1.40. The van der Waals surface area contributed by atoms with E-state index in [2.05, 4.69) is 34.6 Å². The molecule has 0 bridgehead atoms. The summed E-state index contributed by atoms with van der Waals surface area (Å²) >= 11 is 7.91. The van der Waals surface area contributed by atoms with Gasteiger partial charge in [0.05, 0.1) is 17.7 Å². The molecule has 3 aromatic rings. The van der Waals surface area contributed by atoms with Crippen LogP contribution in [0.5, 0.6) is 5.75 Å². The molecule has 1 heterocycles. The van der Waals surface area contributed by atoms with Gasteiger partial charge in [-0.3, -0.25) is 4.79 Å². The second-order valence-electron chi connectivity index (χ2n) is 10.2. The van der Waals surface area contributed by atoms with Gasteiger partial charge in [-0.05, 0) is 30.7 Å². The van der Waals surface area contributed by atoms with Crippen molar-refractivity contribution >= 4 is 34.5 Å². The van der Waals surface area contributed by atoms with Crippen molar-refractivity contribution in [2.75, 3.05) is 11.9 Å². The van der Waals surface area contributed by atoms with Crippen LogP contribution in [-0.2, 0) is 6.54 Å². The van der Waals surface area contributed by atoms with Crippen molar-refractivity contribution in [1.29, 1.82) is 0 Å². The first-order valence-electron chi connectivity index (χ1n) is 14.3. The fourth-order valence-corrected chi connectivity index (χ4v) is 5.50. The second kappa shape index (κ2) is 17.3. The molecule has 38 heavy (non-hydrogen) atoms. The number of hydrogen-bond donors (Lipinski definition) is 1. The molecule has 0 aliphatic carbocycles. The van der Waals surface area contributed by atoms with Crippen LogP contribution in [0, 0.1) is 6.92 Å². The summed E-state index contributed by atoms with van der Waals surface area (Å²) in [4.78, 5) is 13.1. The molecule has 1 amide bonds. The Morgan fingerprint density at radius 1 is 0.921 bits per heavy atom. The predicted octanol–water partition coefficient (Wildman–Crippen LogP) is 9.38. The van der Waals surface area contributed by atoms with E-state index in [1.165, 1.54) is 69.9 Å². The molecule has 3 rings (SSSR count). The minimum Gasteiger partial charge on any atom is -0.491 e. The maximum Gasteiger partial charge on any atom is 0.255 e. The zero-order chi connectivity index (χ0) is 27.0. The van der Waals surface area contributed by atoms with Gasteiger partial charge in [-0.2, -0.15) is 4.57 Å². The van der Waals surface area contributed by atoms with Crippen LogP contribution >= 0.6 is 22.9 Å². The van der Waals surface area contributed by atoms with Gasteiger partial charge in [0.25, 0.3) is 5.91 Å². The number of carbonyl (C=O) groups excluding carboxylic acids is 1. The number of nitrogens with one attached hydrogen (secondary N) is 1. The number of amides is 1. The van der Waals surface area contributed by atoms with Gasteiger partial charge >= 0.3 is 0 Å². The molecule has 4 nitrogen and oxygen atoms in total. The number of anilines is 1. The lowest BCUT2D eigenvalue weighted by Crippen LogP contribution is -2.34. The van der Waals surface area contributed by atoms with Crippen molar-refractivity contribution in [3.8, 4) is 5.75 Å². The molecule has 0 atom stereocenters. The highest BCUT2D eigenvalue weighted by molar-refractivity contribution is 7.07. The van der Waals surface area contributed by atoms with E-state index in [1.54, 1.807) is 23.5 Å². The molecule has 1 N–H and O–H groups in total. The van der Waals surface area contributed by atoms with E-state index >= 15 is 0 Å². The van der Waals surface area contributed by atoms with Crippen molar-refractivity contribution < 1.29 is 14.1 Å². The van der Waals surface area contributed by atoms with E-state index in [9.17, 15) is 4.79 Å². The second-order valence-corrected chi connectivity index (χ2v) is 11.3. The normalized spacial score (nSPS) is 11.0. The fraction of sp³-hybridized carbons (Fsp3) is 0.500. The number of nitrogens with zero attached hydrogens (tertiary/aromatic N) is 1. The molecule has 0 saturated carbocycles. The smallest absolute Gasteiger partial charge is 0.255 e. The van der Waals surface area contributed by atoms with Crippen LogP contribution in [0.15, 0.2) is 53.4 Å². The number of hydrogen-bond acceptors (Lipinski definition) is 3. The first-order chi connectivity index (χ1) is 18.6. The molecular formula is C32H44ClN2O2S+. The number of thiazole rings is 1. The molecular weight excluding hydrogens is 512 g/mol. The molecule has 0 saturated heterocycles. The number of unbranched alkanes of at least 4 members (excludes halogenated alkanes) is 11. The maximum absolute atomic E-state index is 13.1. The monoisotopic (exact) mass is 555 g/mol. The number of carbonyl (C=O) groups is 1. The van der Waals surface area contributed by atoms with Crippen molar-refractivity contribution in [1.82, 2.24) is 0 Å². The number of halogens is 1. The summed E-state index contributed by atoms with van der Waals surface area (Å²) in [5, 5.41) is 5.74. The third-order valence-electron chi connectivity index (χ3n) is 6.87. The zero-order valence-corrected chi connectivity index (χ0v) is 24.7. The molecule has 0 spiro atoms. The molecule has 0 aliphatic rings. The number of benzene rings is 2. The molecule has 0 fully saturated rings. The first-order valence-corrected chi connectivity index (χ1v) is 15.6. The summed E-state index contributed by atoms with van der Waals surface area (Å²) in [6.07, 6.45) is 15.7. The van der Waals surface area contributed by atoms with Gasteiger partial charge in [0.1, 0.15) is 5.75 Å². The fourth-order valence-electron chi connectivity index (χ4n) is 4.56. The summed E-state index contributed by atoms with van der Waals surface area (Å²) < 4.78 is 8.24. The highest BCUT2D eigenvalue weighted by atomic mass is 35.5. The quantitative estimate of drug-likeness (QED) is 0.125. The average molecular weight is 556 g/mol. The summed E-state index contributed by atoms with van der Waals surface area (Å²) in [5.41, 5.74) is 5.66. The Bertz CT molecular complexity index is 1110. The standard InChI is InChI=1S/C32H43ClN2O2S/c1-3-4-5-6-7-8-9-10-11-12-13-14-20-37-31-22-29(33)18-19-30(31)34-32(36)28-17-15-16-27(21-28)23-35-25-38-24-26(35)2/h15-19,21-22,24-25H,3-14,20,23H2,1-2H3/p+1. The summed E-state index contributed by atoms with van der Waals surface area (Å²) in [5.74, 6) is 0.464. The predicted molar refractivity (Wildman–Crippen MR) is 161 cm³/mol. The third kappa shape index (κ3) is 10.8. The van der Waals surface area contributed by atoms with Crippen LogP contribution in [-0.4, -0.2) is 12.5 Å². The number of aromatic nitrogens is 1. The van der Waals surface area contributed by atoms with Crippen molar-refractivity contribution in [3.63, 3.8) is 0 Å². The van der Waals surface area contributed by atoms with Gasteiger partial charge in [-0.25, -0.2) is 0 Å². The lowest BCUT2D eigenvalue weighted by molar-refractivity contribution is -0.689. The highest BCUT2D eigenvalue weighted by Gasteiger charge is 2.14. The van der Waals surface area contributed by atoms with Crippen LogP contribution < -0.4 is 14.6 Å². The van der Waals surface area contributed by atoms with E-state index < -0.39 is 0 Å². The van der Waals surface area contributed by atoms with E-state index in [-0.39, 0.29) is 5.91 Å². The van der Waals surface area contributed by atoms with Crippen molar-refractivity contribution in [3.05, 3.63) is 75.2 Å². The van der Waals surface area contributed by atoms with Crippen LogP contribution in [0.25, 0.3) is 0 Å². The van der Waals surface area contributed by atoms with Crippen LogP contribution in [0.4, 0.5) is 5.69 Å². The Kier molecular flexibility index (Phi) is 13.7. The molecule has 206 valence electrons. The summed E-state index contributed by atoms with van der Waals surface area (Å²) in [7, 11) is 0. The average Bonchev–Trinajstić information content (AvgIpc) is 3.32. The Hall–Kier alpha value is -2.37.